The first-order valence-corrected chi connectivity index (χ1v) is 6.98. The normalized spacial score (nSPS) is 11.1. The third-order valence-electron chi connectivity index (χ3n) is 3.09. The molecular weight excluding hydrogens is 222 g/mol. The van der Waals surface area contributed by atoms with Crippen LogP contribution in [0, 0.1) is 6.92 Å². The molecule has 0 saturated carbocycles. The SMILES string of the molecule is CNCCCCCCN(C)Cc1cccc(C)n1. The summed E-state index contributed by atoms with van der Waals surface area (Å²) in [4.78, 5) is 6.89. The van der Waals surface area contributed by atoms with Crippen molar-refractivity contribution in [3.63, 3.8) is 0 Å². The van der Waals surface area contributed by atoms with Crippen LogP contribution in [0.15, 0.2) is 18.2 Å². The van der Waals surface area contributed by atoms with Gasteiger partial charge in [0.15, 0.2) is 0 Å². The van der Waals surface area contributed by atoms with Gasteiger partial charge in [0.1, 0.15) is 0 Å². The Labute approximate surface area is 112 Å². The fourth-order valence-electron chi connectivity index (χ4n) is 2.08. The lowest BCUT2D eigenvalue weighted by Gasteiger charge is -2.16. The highest BCUT2D eigenvalue weighted by molar-refractivity contribution is 5.09. The first kappa shape index (κ1) is 15.1. The molecule has 1 aromatic rings. The van der Waals surface area contributed by atoms with Crippen molar-refractivity contribution in [2.75, 3.05) is 27.2 Å². The largest absolute Gasteiger partial charge is 0.320 e. The van der Waals surface area contributed by atoms with Gasteiger partial charge in [0.05, 0.1) is 5.69 Å². The molecule has 18 heavy (non-hydrogen) atoms. The second-order valence-corrected chi connectivity index (χ2v) is 5.03. The highest BCUT2D eigenvalue weighted by Crippen LogP contribution is 2.04. The lowest BCUT2D eigenvalue weighted by molar-refractivity contribution is 0.313. The number of rotatable bonds is 9. The number of aryl methyl sites for hydroxylation is 1. The smallest absolute Gasteiger partial charge is 0.0547 e. The Morgan fingerprint density at radius 3 is 2.67 bits per heavy atom. The molecule has 3 nitrogen and oxygen atoms in total. The molecule has 1 rings (SSSR count). The summed E-state index contributed by atoms with van der Waals surface area (Å²) in [5, 5.41) is 3.19. The number of pyridine rings is 1. The summed E-state index contributed by atoms with van der Waals surface area (Å²) in [6.45, 7) is 5.31. The van der Waals surface area contributed by atoms with Gasteiger partial charge in [0.25, 0.3) is 0 Å². The first-order chi connectivity index (χ1) is 8.72. The van der Waals surface area contributed by atoms with Gasteiger partial charge >= 0.3 is 0 Å². The molecule has 0 spiro atoms. The minimum Gasteiger partial charge on any atom is -0.320 e. The van der Waals surface area contributed by atoms with Crippen molar-refractivity contribution < 1.29 is 0 Å². The Kier molecular flexibility index (Phi) is 7.62. The summed E-state index contributed by atoms with van der Waals surface area (Å²) >= 11 is 0. The zero-order valence-corrected chi connectivity index (χ0v) is 12.1. The minimum absolute atomic E-state index is 0.957. The number of hydrogen-bond acceptors (Lipinski definition) is 3. The quantitative estimate of drug-likeness (QED) is 0.682. The first-order valence-electron chi connectivity index (χ1n) is 6.98. The Hall–Kier alpha value is -0.930. The third kappa shape index (κ3) is 6.72. The van der Waals surface area contributed by atoms with Crippen molar-refractivity contribution in [2.24, 2.45) is 0 Å². The van der Waals surface area contributed by atoms with E-state index in [9.17, 15) is 0 Å². The van der Waals surface area contributed by atoms with Crippen LogP contribution in [0.2, 0.25) is 0 Å². The Balaban J connectivity index is 2.12. The highest BCUT2D eigenvalue weighted by atomic mass is 15.1. The topological polar surface area (TPSA) is 28.2 Å². The highest BCUT2D eigenvalue weighted by Gasteiger charge is 2.01. The lowest BCUT2D eigenvalue weighted by atomic mass is 10.2. The molecule has 0 aromatic carbocycles. The van der Waals surface area contributed by atoms with Crippen LogP contribution in [0.3, 0.4) is 0 Å². The predicted molar refractivity (Wildman–Crippen MR) is 77.7 cm³/mol. The van der Waals surface area contributed by atoms with Crippen molar-refractivity contribution in [3.8, 4) is 0 Å². The number of aromatic nitrogens is 1. The van der Waals surface area contributed by atoms with E-state index in [4.69, 9.17) is 0 Å². The van der Waals surface area contributed by atoms with Crippen LogP contribution in [0.25, 0.3) is 0 Å². The summed E-state index contributed by atoms with van der Waals surface area (Å²) in [5.74, 6) is 0. The van der Waals surface area contributed by atoms with Crippen LogP contribution < -0.4 is 5.32 Å². The van der Waals surface area contributed by atoms with E-state index in [1.54, 1.807) is 0 Å². The van der Waals surface area contributed by atoms with E-state index in [1.807, 2.05) is 20.0 Å². The molecule has 1 heterocycles. The molecule has 0 saturated heterocycles. The standard InChI is InChI=1S/C15H27N3/c1-14-9-8-10-15(17-14)13-18(3)12-7-5-4-6-11-16-2/h8-10,16H,4-7,11-13H2,1-3H3. The van der Waals surface area contributed by atoms with Crippen molar-refractivity contribution >= 4 is 0 Å². The van der Waals surface area contributed by atoms with Crippen molar-refractivity contribution in [1.29, 1.82) is 0 Å². The van der Waals surface area contributed by atoms with E-state index in [0.29, 0.717) is 0 Å². The van der Waals surface area contributed by atoms with Crippen LogP contribution in [0.4, 0.5) is 0 Å². The van der Waals surface area contributed by atoms with Gasteiger partial charge in [0.2, 0.25) is 0 Å². The number of nitrogens with zero attached hydrogens (tertiary/aromatic N) is 2. The van der Waals surface area contributed by atoms with Crippen LogP contribution >= 0.6 is 0 Å². The fraction of sp³-hybridized carbons (Fsp3) is 0.667. The van der Waals surface area contributed by atoms with Crippen LogP contribution in [0.1, 0.15) is 37.1 Å². The van der Waals surface area contributed by atoms with Gasteiger partial charge in [-0.25, -0.2) is 0 Å². The van der Waals surface area contributed by atoms with Gasteiger partial charge in [-0.05, 0) is 59.1 Å². The minimum atomic E-state index is 0.957. The second-order valence-electron chi connectivity index (χ2n) is 5.03. The Bertz CT molecular complexity index is 325. The van der Waals surface area contributed by atoms with Crippen molar-refractivity contribution in [1.82, 2.24) is 15.2 Å². The van der Waals surface area contributed by atoms with Crippen molar-refractivity contribution in [2.45, 2.75) is 39.2 Å². The van der Waals surface area contributed by atoms with Crippen LogP contribution in [-0.4, -0.2) is 37.1 Å². The van der Waals surface area contributed by atoms with Crippen molar-refractivity contribution in [3.05, 3.63) is 29.6 Å². The summed E-state index contributed by atoms with van der Waals surface area (Å²) in [7, 11) is 4.19. The summed E-state index contributed by atoms with van der Waals surface area (Å²) in [5.41, 5.74) is 2.28. The fourth-order valence-corrected chi connectivity index (χ4v) is 2.08. The number of unbranched alkanes of at least 4 members (excludes halogenated alkanes) is 3. The van der Waals surface area contributed by atoms with E-state index < -0.39 is 0 Å². The monoisotopic (exact) mass is 249 g/mol. The molecule has 0 amide bonds. The molecule has 0 bridgehead atoms. The Morgan fingerprint density at radius 2 is 1.94 bits per heavy atom. The average Bonchev–Trinajstić information content (AvgIpc) is 2.33. The molecule has 0 aliphatic heterocycles. The van der Waals surface area contributed by atoms with Gasteiger partial charge in [0, 0.05) is 12.2 Å². The van der Waals surface area contributed by atoms with E-state index in [-0.39, 0.29) is 0 Å². The van der Waals surface area contributed by atoms with Crippen LogP contribution in [-0.2, 0) is 6.54 Å². The van der Waals surface area contributed by atoms with E-state index in [2.05, 4.69) is 34.4 Å². The second kappa shape index (κ2) is 9.06. The molecule has 0 atom stereocenters. The molecule has 0 aliphatic carbocycles. The van der Waals surface area contributed by atoms with Gasteiger partial charge in [-0.15, -0.1) is 0 Å². The average molecular weight is 249 g/mol. The maximum absolute atomic E-state index is 4.53. The van der Waals surface area contributed by atoms with Gasteiger partial charge in [-0.1, -0.05) is 18.9 Å². The molecule has 1 aromatic heterocycles. The molecule has 0 unspecified atom stereocenters. The maximum atomic E-state index is 4.53. The molecule has 1 N–H and O–H groups in total. The summed E-state index contributed by atoms with van der Waals surface area (Å²) in [6, 6.07) is 6.24. The van der Waals surface area contributed by atoms with Gasteiger partial charge in [-0.2, -0.15) is 0 Å². The number of nitrogens with one attached hydrogen (secondary N) is 1. The molecule has 0 fully saturated rings. The molecule has 0 aliphatic rings. The molecule has 102 valence electrons. The molecule has 3 heteroatoms. The van der Waals surface area contributed by atoms with Gasteiger partial charge < -0.3 is 10.2 Å². The van der Waals surface area contributed by atoms with Gasteiger partial charge in [-0.3, -0.25) is 4.98 Å². The lowest BCUT2D eigenvalue weighted by Crippen LogP contribution is -2.20. The number of hydrogen-bond donors (Lipinski definition) is 1. The molecular formula is C15H27N3. The zero-order chi connectivity index (χ0) is 13.2. The summed E-state index contributed by atoms with van der Waals surface area (Å²) in [6.07, 6.45) is 5.23. The summed E-state index contributed by atoms with van der Waals surface area (Å²) < 4.78 is 0. The van der Waals surface area contributed by atoms with Crippen LogP contribution in [0.5, 0.6) is 0 Å². The molecule has 0 radical (unpaired) electrons. The predicted octanol–water partition coefficient (Wildman–Crippen LogP) is 2.60. The zero-order valence-electron chi connectivity index (χ0n) is 12.1. The third-order valence-corrected chi connectivity index (χ3v) is 3.09. The Morgan fingerprint density at radius 1 is 1.17 bits per heavy atom. The maximum Gasteiger partial charge on any atom is 0.0547 e. The van der Waals surface area contributed by atoms with E-state index in [1.165, 1.54) is 31.4 Å². The van der Waals surface area contributed by atoms with E-state index >= 15 is 0 Å². The van der Waals surface area contributed by atoms with E-state index in [0.717, 1.165) is 25.3 Å².